The Morgan fingerprint density at radius 3 is 2.76 bits per heavy atom. The molecule has 2 aromatic heterocycles. The average molecular weight is 229 g/mol. The number of aryl methyl sites for hydroxylation is 2. The van der Waals surface area contributed by atoms with Crippen LogP contribution in [0.5, 0.6) is 0 Å². The van der Waals surface area contributed by atoms with Gasteiger partial charge in [-0.05, 0) is 32.0 Å². The van der Waals surface area contributed by atoms with Crippen molar-refractivity contribution in [1.82, 2.24) is 19.7 Å². The molecule has 0 aliphatic heterocycles. The van der Waals surface area contributed by atoms with Gasteiger partial charge in [0.05, 0.1) is 0 Å². The van der Waals surface area contributed by atoms with E-state index >= 15 is 0 Å². The van der Waals surface area contributed by atoms with E-state index < -0.39 is 0 Å². The summed E-state index contributed by atoms with van der Waals surface area (Å²) in [6, 6.07) is 5.74. The minimum Gasteiger partial charge on any atom is -0.422 e. The Kier molecular flexibility index (Phi) is 1.91. The number of nitrogens with two attached hydrogens (primary N) is 1. The lowest BCUT2D eigenvalue weighted by atomic mass is 10.3. The molecule has 2 heterocycles. The molecule has 0 saturated carbocycles. The van der Waals surface area contributed by atoms with E-state index in [1.54, 1.807) is 22.9 Å². The van der Waals surface area contributed by atoms with Crippen LogP contribution < -0.4 is 5.73 Å². The van der Waals surface area contributed by atoms with Crippen molar-refractivity contribution >= 4 is 16.8 Å². The number of rotatable bonds is 1. The van der Waals surface area contributed by atoms with E-state index in [1.807, 2.05) is 13.8 Å². The van der Waals surface area contributed by atoms with Crippen LogP contribution in [0.3, 0.4) is 0 Å². The second kappa shape index (κ2) is 3.31. The largest absolute Gasteiger partial charge is 0.422 e. The molecule has 6 heteroatoms. The van der Waals surface area contributed by atoms with Gasteiger partial charge in [0, 0.05) is 5.69 Å². The van der Waals surface area contributed by atoms with Gasteiger partial charge in [-0.3, -0.25) is 0 Å². The van der Waals surface area contributed by atoms with Gasteiger partial charge in [0.1, 0.15) is 17.2 Å². The summed E-state index contributed by atoms with van der Waals surface area (Å²) in [5.74, 6) is 1.42. The Bertz CT molecular complexity index is 697. The highest BCUT2D eigenvalue weighted by Crippen LogP contribution is 2.20. The molecule has 6 nitrogen and oxygen atoms in total. The molecule has 0 fully saturated rings. The van der Waals surface area contributed by atoms with Crippen molar-refractivity contribution < 1.29 is 4.42 Å². The second-order valence-corrected chi connectivity index (χ2v) is 3.84. The van der Waals surface area contributed by atoms with Crippen LogP contribution in [0, 0.1) is 13.8 Å². The van der Waals surface area contributed by atoms with E-state index in [2.05, 4.69) is 15.1 Å². The number of fused-ring (bicyclic) bond motifs is 1. The lowest BCUT2D eigenvalue weighted by Crippen LogP contribution is -1.99. The maximum Gasteiger partial charge on any atom is 0.325 e. The normalized spacial score (nSPS) is 11.2. The number of anilines is 1. The van der Waals surface area contributed by atoms with Gasteiger partial charge in [0.2, 0.25) is 0 Å². The van der Waals surface area contributed by atoms with E-state index in [4.69, 9.17) is 10.2 Å². The number of hydrogen-bond donors (Lipinski definition) is 1. The van der Waals surface area contributed by atoms with Crippen LogP contribution in [0.4, 0.5) is 5.69 Å². The molecule has 0 unspecified atom stereocenters. The molecule has 86 valence electrons. The van der Waals surface area contributed by atoms with Gasteiger partial charge in [-0.1, -0.05) is 0 Å². The Morgan fingerprint density at radius 2 is 2.06 bits per heavy atom. The van der Waals surface area contributed by atoms with E-state index in [9.17, 15) is 0 Å². The first-order chi connectivity index (χ1) is 8.13. The average Bonchev–Trinajstić information content (AvgIpc) is 2.80. The maximum absolute atomic E-state index is 5.69. The van der Waals surface area contributed by atoms with Crippen LogP contribution >= 0.6 is 0 Å². The molecule has 3 aromatic rings. The van der Waals surface area contributed by atoms with E-state index in [0.29, 0.717) is 28.6 Å². The summed E-state index contributed by atoms with van der Waals surface area (Å²) in [6.45, 7) is 3.67. The number of aromatic nitrogens is 4. The van der Waals surface area contributed by atoms with E-state index in [1.165, 1.54) is 0 Å². The number of hydrogen-bond acceptors (Lipinski definition) is 5. The zero-order valence-corrected chi connectivity index (χ0v) is 9.51. The predicted octanol–water partition coefficient (Wildman–Crippen LogP) is 1.61. The van der Waals surface area contributed by atoms with Gasteiger partial charge in [0.25, 0.3) is 0 Å². The Balaban J connectivity index is 2.21. The smallest absolute Gasteiger partial charge is 0.325 e. The lowest BCUT2D eigenvalue weighted by molar-refractivity contribution is 0.536. The van der Waals surface area contributed by atoms with E-state index in [0.717, 1.165) is 5.82 Å². The minimum atomic E-state index is 0.406. The fraction of sp³-hybridized carbons (Fsp3) is 0.182. The third kappa shape index (κ3) is 1.54. The fourth-order valence-corrected chi connectivity index (χ4v) is 1.73. The molecule has 2 N–H and O–H groups in total. The molecule has 0 bridgehead atoms. The summed E-state index contributed by atoms with van der Waals surface area (Å²) >= 11 is 0. The molecular weight excluding hydrogens is 218 g/mol. The van der Waals surface area contributed by atoms with Crippen molar-refractivity contribution in [3.05, 3.63) is 29.8 Å². The second-order valence-electron chi connectivity index (χ2n) is 3.84. The van der Waals surface area contributed by atoms with Crippen molar-refractivity contribution in [3.8, 4) is 6.01 Å². The highest BCUT2D eigenvalue weighted by Gasteiger charge is 2.12. The Morgan fingerprint density at radius 1 is 1.24 bits per heavy atom. The molecular formula is C11H11N5O. The molecule has 0 radical (unpaired) electrons. The van der Waals surface area contributed by atoms with Crippen molar-refractivity contribution in [2.45, 2.75) is 13.8 Å². The highest BCUT2D eigenvalue weighted by molar-refractivity contribution is 5.77. The molecule has 3 rings (SSSR count). The fourth-order valence-electron chi connectivity index (χ4n) is 1.73. The van der Waals surface area contributed by atoms with E-state index in [-0.39, 0.29) is 0 Å². The molecule has 0 amide bonds. The van der Waals surface area contributed by atoms with Crippen molar-refractivity contribution in [2.24, 2.45) is 0 Å². The van der Waals surface area contributed by atoms with Gasteiger partial charge in [-0.15, -0.1) is 5.10 Å². The quantitative estimate of drug-likeness (QED) is 0.641. The van der Waals surface area contributed by atoms with Crippen molar-refractivity contribution in [2.75, 3.05) is 5.73 Å². The van der Waals surface area contributed by atoms with Crippen LogP contribution in [0.15, 0.2) is 22.6 Å². The summed E-state index contributed by atoms with van der Waals surface area (Å²) in [6.07, 6.45) is 0. The van der Waals surface area contributed by atoms with Crippen LogP contribution in [0.2, 0.25) is 0 Å². The molecule has 1 aromatic carbocycles. The Hall–Kier alpha value is -2.37. The number of nitrogen functional groups attached to an aromatic ring is 1. The third-order valence-corrected chi connectivity index (χ3v) is 2.46. The SMILES string of the molecule is Cc1nc(C)n(-c2nc3cc(N)ccc3o2)n1. The maximum atomic E-state index is 5.69. The van der Waals surface area contributed by atoms with Gasteiger partial charge < -0.3 is 10.2 Å². The van der Waals surface area contributed by atoms with Crippen LogP contribution in [0.1, 0.15) is 11.6 Å². The predicted molar refractivity (Wildman–Crippen MR) is 62.8 cm³/mol. The first kappa shape index (κ1) is 9.83. The van der Waals surface area contributed by atoms with Gasteiger partial charge in [-0.2, -0.15) is 9.67 Å². The molecule has 17 heavy (non-hydrogen) atoms. The minimum absolute atomic E-state index is 0.406. The molecule has 0 aliphatic rings. The lowest BCUT2D eigenvalue weighted by Gasteiger charge is -1.93. The first-order valence-corrected chi connectivity index (χ1v) is 5.20. The van der Waals surface area contributed by atoms with Gasteiger partial charge in [0.15, 0.2) is 5.58 Å². The molecule has 0 saturated heterocycles. The van der Waals surface area contributed by atoms with Crippen molar-refractivity contribution in [1.29, 1.82) is 0 Å². The van der Waals surface area contributed by atoms with Gasteiger partial charge in [-0.25, -0.2) is 4.98 Å². The zero-order chi connectivity index (χ0) is 12.0. The van der Waals surface area contributed by atoms with Crippen LogP contribution in [0.25, 0.3) is 17.1 Å². The summed E-state index contributed by atoms with van der Waals surface area (Å²) in [7, 11) is 0. The summed E-state index contributed by atoms with van der Waals surface area (Å²) in [5.41, 5.74) is 7.74. The van der Waals surface area contributed by atoms with Crippen LogP contribution in [-0.2, 0) is 0 Å². The van der Waals surface area contributed by atoms with Gasteiger partial charge >= 0.3 is 6.01 Å². The summed E-state index contributed by atoms with van der Waals surface area (Å²) < 4.78 is 7.17. The number of benzene rings is 1. The standard InChI is InChI=1S/C11H11N5O/c1-6-13-7(2)16(15-6)11-14-9-5-8(12)3-4-10(9)17-11/h3-5H,12H2,1-2H3. The number of oxazole rings is 1. The number of nitrogens with zero attached hydrogens (tertiary/aromatic N) is 4. The topological polar surface area (TPSA) is 82.8 Å². The summed E-state index contributed by atoms with van der Waals surface area (Å²) in [4.78, 5) is 8.53. The zero-order valence-electron chi connectivity index (χ0n) is 9.51. The highest BCUT2D eigenvalue weighted by atomic mass is 16.4. The van der Waals surface area contributed by atoms with Crippen molar-refractivity contribution in [3.63, 3.8) is 0 Å². The molecule has 0 aliphatic carbocycles. The molecule has 0 spiro atoms. The third-order valence-electron chi connectivity index (χ3n) is 2.46. The van der Waals surface area contributed by atoms with Crippen LogP contribution in [-0.4, -0.2) is 19.7 Å². The molecule has 0 atom stereocenters. The Labute approximate surface area is 97.1 Å². The first-order valence-electron chi connectivity index (χ1n) is 5.20. The summed E-state index contributed by atoms with van der Waals surface area (Å²) in [5, 5.41) is 4.22. The monoisotopic (exact) mass is 229 g/mol.